The van der Waals surface area contributed by atoms with E-state index < -0.39 is 36.4 Å². The van der Waals surface area contributed by atoms with Gasteiger partial charge in [-0.05, 0) is 13.8 Å². The quantitative estimate of drug-likeness (QED) is 0.267. The van der Waals surface area contributed by atoms with E-state index in [4.69, 9.17) is 35.2 Å². The first-order chi connectivity index (χ1) is 10.8. The Labute approximate surface area is 136 Å². The van der Waals surface area contributed by atoms with Gasteiger partial charge >= 0.3 is 0 Å². The third-order valence-corrected chi connectivity index (χ3v) is 3.52. The average molecular weight is 338 g/mol. The van der Waals surface area contributed by atoms with Gasteiger partial charge < -0.3 is 45.4 Å². The van der Waals surface area contributed by atoms with Crippen molar-refractivity contribution in [2.75, 3.05) is 40.1 Å². The minimum Gasteiger partial charge on any atom is -0.388 e. The van der Waals surface area contributed by atoms with Gasteiger partial charge in [0.25, 0.3) is 0 Å². The molecule has 23 heavy (non-hydrogen) atoms. The van der Waals surface area contributed by atoms with E-state index in [1.165, 1.54) is 7.11 Å². The molecule has 1 rings (SSSR count). The second-order valence-electron chi connectivity index (χ2n) is 5.80. The molecule has 5 unspecified atom stereocenters. The SMILES string of the molecule is COC1OC(COC(C)(C)OCCOCCN)C(O)C(O)C1N. The summed E-state index contributed by atoms with van der Waals surface area (Å²) in [6.45, 7) is 5.18. The summed E-state index contributed by atoms with van der Waals surface area (Å²) in [6.07, 6.45) is -3.90. The van der Waals surface area contributed by atoms with E-state index in [2.05, 4.69) is 0 Å². The van der Waals surface area contributed by atoms with Gasteiger partial charge in [0, 0.05) is 13.7 Å². The monoisotopic (exact) mass is 338 g/mol. The van der Waals surface area contributed by atoms with Gasteiger partial charge in [-0.1, -0.05) is 0 Å². The first-order valence-electron chi connectivity index (χ1n) is 7.68. The Balaban J connectivity index is 2.39. The normalized spacial score (nSPS) is 32.2. The number of rotatable bonds is 10. The number of nitrogens with two attached hydrogens (primary N) is 2. The molecule has 1 aliphatic heterocycles. The molecule has 1 heterocycles. The molecule has 1 fully saturated rings. The number of aliphatic hydroxyl groups is 2. The second kappa shape index (κ2) is 9.82. The first-order valence-corrected chi connectivity index (χ1v) is 7.68. The molecule has 5 atom stereocenters. The van der Waals surface area contributed by atoms with Crippen LogP contribution in [-0.2, 0) is 23.7 Å². The lowest BCUT2D eigenvalue weighted by Gasteiger charge is -2.41. The van der Waals surface area contributed by atoms with Gasteiger partial charge in [-0.2, -0.15) is 0 Å². The van der Waals surface area contributed by atoms with Crippen LogP contribution in [0.15, 0.2) is 0 Å². The molecule has 9 nitrogen and oxygen atoms in total. The Morgan fingerprint density at radius 2 is 1.78 bits per heavy atom. The van der Waals surface area contributed by atoms with Crippen molar-refractivity contribution in [3.8, 4) is 0 Å². The maximum Gasteiger partial charge on any atom is 0.175 e. The molecule has 6 N–H and O–H groups in total. The van der Waals surface area contributed by atoms with Crippen molar-refractivity contribution >= 4 is 0 Å². The highest BCUT2D eigenvalue weighted by atomic mass is 16.7. The van der Waals surface area contributed by atoms with Crippen LogP contribution in [0.1, 0.15) is 13.8 Å². The van der Waals surface area contributed by atoms with Crippen LogP contribution < -0.4 is 11.5 Å². The molecule has 0 aromatic heterocycles. The lowest BCUT2D eigenvalue weighted by molar-refractivity contribution is -0.287. The van der Waals surface area contributed by atoms with Crippen molar-refractivity contribution in [2.24, 2.45) is 11.5 Å². The molecule has 0 aromatic carbocycles. The van der Waals surface area contributed by atoms with Gasteiger partial charge in [0.2, 0.25) is 0 Å². The molecule has 0 saturated carbocycles. The van der Waals surface area contributed by atoms with Crippen LogP contribution in [0.5, 0.6) is 0 Å². The Kier molecular flexibility index (Phi) is 8.83. The van der Waals surface area contributed by atoms with Gasteiger partial charge in [0.15, 0.2) is 12.1 Å². The van der Waals surface area contributed by atoms with Crippen molar-refractivity contribution in [1.29, 1.82) is 0 Å². The zero-order valence-corrected chi connectivity index (χ0v) is 14.0. The third-order valence-electron chi connectivity index (χ3n) is 3.52. The van der Waals surface area contributed by atoms with E-state index in [1.807, 2.05) is 0 Å². The zero-order valence-electron chi connectivity index (χ0n) is 14.0. The van der Waals surface area contributed by atoms with Crippen LogP contribution in [0.4, 0.5) is 0 Å². The Bertz CT molecular complexity index is 330. The maximum atomic E-state index is 10.0. The van der Waals surface area contributed by atoms with Crippen LogP contribution in [0.2, 0.25) is 0 Å². The van der Waals surface area contributed by atoms with Crippen LogP contribution in [0.3, 0.4) is 0 Å². The summed E-state index contributed by atoms with van der Waals surface area (Å²) in [6, 6.07) is -0.824. The van der Waals surface area contributed by atoms with E-state index in [1.54, 1.807) is 13.8 Å². The van der Waals surface area contributed by atoms with Crippen LogP contribution in [-0.4, -0.2) is 86.7 Å². The van der Waals surface area contributed by atoms with Crippen molar-refractivity contribution in [3.05, 3.63) is 0 Å². The summed E-state index contributed by atoms with van der Waals surface area (Å²) in [5, 5.41) is 20.0. The van der Waals surface area contributed by atoms with Crippen LogP contribution >= 0.6 is 0 Å². The number of methoxy groups -OCH3 is 1. The second-order valence-corrected chi connectivity index (χ2v) is 5.80. The smallest absolute Gasteiger partial charge is 0.175 e. The van der Waals surface area contributed by atoms with E-state index >= 15 is 0 Å². The van der Waals surface area contributed by atoms with Gasteiger partial charge in [0.1, 0.15) is 18.3 Å². The molecule has 0 aliphatic carbocycles. The maximum absolute atomic E-state index is 10.0. The highest BCUT2D eigenvalue weighted by molar-refractivity contribution is 4.91. The summed E-state index contributed by atoms with van der Waals surface area (Å²) >= 11 is 0. The average Bonchev–Trinajstić information content (AvgIpc) is 2.52. The van der Waals surface area contributed by atoms with E-state index in [9.17, 15) is 10.2 Å². The summed E-state index contributed by atoms with van der Waals surface area (Å²) in [5.41, 5.74) is 11.0. The van der Waals surface area contributed by atoms with Crippen molar-refractivity contribution in [3.63, 3.8) is 0 Å². The standard InChI is InChI=1S/C14H30N2O7/c1-14(2,21-7-6-20-5-4-15)22-8-9-11(17)12(18)10(16)13(19-3)23-9/h9-13,17-18H,4-8,15-16H2,1-3H3. The van der Waals surface area contributed by atoms with Crippen LogP contribution in [0, 0.1) is 0 Å². The number of hydrogen-bond donors (Lipinski definition) is 4. The van der Waals surface area contributed by atoms with Crippen LogP contribution in [0.25, 0.3) is 0 Å². The molecular formula is C14H30N2O7. The molecule has 1 aliphatic rings. The fourth-order valence-corrected chi connectivity index (χ4v) is 2.16. The predicted octanol–water partition coefficient (Wildman–Crippen LogP) is -1.85. The van der Waals surface area contributed by atoms with Gasteiger partial charge in [0.05, 0.1) is 32.5 Å². The molecule has 0 aromatic rings. The van der Waals surface area contributed by atoms with Gasteiger partial charge in [-0.3, -0.25) is 0 Å². The summed E-state index contributed by atoms with van der Waals surface area (Å²) in [4.78, 5) is 0. The molecule has 138 valence electrons. The van der Waals surface area contributed by atoms with Crippen molar-refractivity contribution in [2.45, 2.75) is 50.3 Å². The van der Waals surface area contributed by atoms with E-state index in [-0.39, 0.29) is 6.61 Å². The molecule has 9 heteroatoms. The Morgan fingerprint density at radius 1 is 1.09 bits per heavy atom. The van der Waals surface area contributed by atoms with Crippen molar-refractivity contribution < 1.29 is 33.9 Å². The molecule has 0 spiro atoms. The van der Waals surface area contributed by atoms with Gasteiger partial charge in [-0.15, -0.1) is 0 Å². The Hall–Kier alpha value is -0.360. The number of aliphatic hydroxyl groups excluding tert-OH is 2. The lowest BCUT2D eigenvalue weighted by Crippen LogP contribution is -2.62. The third kappa shape index (κ3) is 6.57. The van der Waals surface area contributed by atoms with E-state index in [0.29, 0.717) is 26.4 Å². The minimum absolute atomic E-state index is 0.0153. The molecule has 0 bridgehead atoms. The topological polar surface area (TPSA) is 139 Å². The fourth-order valence-electron chi connectivity index (χ4n) is 2.16. The lowest BCUT2D eigenvalue weighted by atomic mass is 9.98. The largest absolute Gasteiger partial charge is 0.388 e. The molecule has 0 radical (unpaired) electrons. The summed E-state index contributed by atoms with van der Waals surface area (Å²) < 4.78 is 27.0. The van der Waals surface area contributed by atoms with Gasteiger partial charge in [-0.25, -0.2) is 0 Å². The zero-order chi connectivity index (χ0) is 17.5. The Morgan fingerprint density at radius 3 is 2.39 bits per heavy atom. The minimum atomic E-state index is -1.17. The summed E-state index contributed by atoms with van der Waals surface area (Å²) in [5.74, 6) is -0.901. The van der Waals surface area contributed by atoms with E-state index in [0.717, 1.165) is 0 Å². The first kappa shape index (κ1) is 20.7. The molecule has 1 saturated heterocycles. The number of hydrogen-bond acceptors (Lipinski definition) is 9. The molecule has 0 amide bonds. The highest BCUT2D eigenvalue weighted by Crippen LogP contribution is 2.22. The molecular weight excluding hydrogens is 308 g/mol. The number of ether oxygens (including phenoxy) is 5. The fraction of sp³-hybridized carbons (Fsp3) is 1.00. The summed E-state index contributed by atoms with van der Waals surface area (Å²) in [7, 11) is 1.42. The highest BCUT2D eigenvalue weighted by Gasteiger charge is 2.43. The van der Waals surface area contributed by atoms with Crippen molar-refractivity contribution in [1.82, 2.24) is 0 Å². The predicted molar refractivity (Wildman–Crippen MR) is 81.5 cm³/mol.